The van der Waals surface area contributed by atoms with Gasteiger partial charge in [-0.05, 0) is 20.8 Å². The first kappa shape index (κ1) is 10.3. The standard InChI is InChI=1S/C10H16O3/c1-5-10(8(4)12-10)13-9(11)6-7(2)3/h6,8H,5H2,1-4H3. The summed E-state index contributed by atoms with van der Waals surface area (Å²) in [6.45, 7) is 7.56. The van der Waals surface area contributed by atoms with Crippen LogP contribution in [0, 0.1) is 0 Å². The van der Waals surface area contributed by atoms with E-state index in [1.54, 1.807) is 0 Å². The molecule has 3 heteroatoms. The average molecular weight is 184 g/mol. The van der Waals surface area contributed by atoms with Gasteiger partial charge in [-0.2, -0.15) is 0 Å². The highest BCUT2D eigenvalue weighted by atomic mass is 16.8. The number of carbonyl (C=O) groups is 1. The van der Waals surface area contributed by atoms with Crippen molar-refractivity contribution in [2.45, 2.75) is 46.0 Å². The molecule has 0 spiro atoms. The van der Waals surface area contributed by atoms with Crippen LogP contribution in [0.3, 0.4) is 0 Å². The molecule has 0 saturated carbocycles. The first-order valence-corrected chi connectivity index (χ1v) is 4.56. The summed E-state index contributed by atoms with van der Waals surface area (Å²) in [7, 11) is 0. The van der Waals surface area contributed by atoms with Crippen molar-refractivity contribution in [2.75, 3.05) is 0 Å². The first-order chi connectivity index (χ1) is 6.00. The van der Waals surface area contributed by atoms with Crippen molar-refractivity contribution in [3.63, 3.8) is 0 Å². The molecule has 1 heterocycles. The highest BCUT2D eigenvalue weighted by Crippen LogP contribution is 2.40. The van der Waals surface area contributed by atoms with E-state index in [1.165, 1.54) is 6.08 Å². The molecule has 0 aromatic carbocycles. The molecule has 1 aliphatic rings. The molecule has 0 N–H and O–H groups in total. The van der Waals surface area contributed by atoms with Gasteiger partial charge in [0.15, 0.2) is 0 Å². The Morgan fingerprint density at radius 2 is 2.15 bits per heavy atom. The maximum Gasteiger partial charge on any atom is 0.333 e. The summed E-state index contributed by atoms with van der Waals surface area (Å²) in [5, 5.41) is 0. The molecule has 0 aliphatic carbocycles. The van der Waals surface area contributed by atoms with Crippen molar-refractivity contribution < 1.29 is 14.3 Å². The maximum atomic E-state index is 11.2. The fourth-order valence-corrected chi connectivity index (χ4v) is 1.25. The third kappa shape index (κ3) is 2.31. The minimum atomic E-state index is -0.636. The van der Waals surface area contributed by atoms with Crippen LogP contribution in [-0.4, -0.2) is 17.9 Å². The predicted molar refractivity (Wildman–Crippen MR) is 49.1 cm³/mol. The SMILES string of the molecule is CCC1(OC(=O)C=C(C)C)OC1C. The molecule has 0 aromatic heterocycles. The Morgan fingerprint density at radius 1 is 1.62 bits per heavy atom. The summed E-state index contributed by atoms with van der Waals surface area (Å²) >= 11 is 0. The molecular formula is C10H16O3. The number of epoxide rings is 1. The van der Waals surface area contributed by atoms with Crippen LogP contribution in [0.5, 0.6) is 0 Å². The van der Waals surface area contributed by atoms with E-state index < -0.39 is 5.79 Å². The van der Waals surface area contributed by atoms with E-state index >= 15 is 0 Å². The second-order valence-electron chi connectivity index (χ2n) is 3.57. The van der Waals surface area contributed by atoms with Crippen LogP contribution in [0.4, 0.5) is 0 Å². The van der Waals surface area contributed by atoms with Gasteiger partial charge in [0.05, 0.1) is 0 Å². The van der Waals surface area contributed by atoms with Gasteiger partial charge in [-0.15, -0.1) is 0 Å². The van der Waals surface area contributed by atoms with Gasteiger partial charge >= 0.3 is 5.97 Å². The van der Waals surface area contributed by atoms with Crippen molar-refractivity contribution in [3.05, 3.63) is 11.6 Å². The van der Waals surface area contributed by atoms with Crippen LogP contribution < -0.4 is 0 Å². The van der Waals surface area contributed by atoms with Crippen LogP contribution in [0.2, 0.25) is 0 Å². The van der Waals surface area contributed by atoms with Crippen LogP contribution in [0.1, 0.15) is 34.1 Å². The van der Waals surface area contributed by atoms with Crippen molar-refractivity contribution in [1.82, 2.24) is 0 Å². The second kappa shape index (κ2) is 3.50. The number of allylic oxidation sites excluding steroid dienone is 1. The Kier molecular flexibility index (Phi) is 2.76. The van der Waals surface area contributed by atoms with E-state index in [0.717, 1.165) is 5.57 Å². The summed E-state index contributed by atoms with van der Waals surface area (Å²) in [4.78, 5) is 11.2. The number of ether oxygens (including phenoxy) is 2. The lowest BCUT2D eigenvalue weighted by molar-refractivity contribution is -0.152. The van der Waals surface area contributed by atoms with Crippen molar-refractivity contribution in [1.29, 1.82) is 0 Å². The summed E-state index contributed by atoms with van der Waals surface area (Å²) < 4.78 is 10.4. The Labute approximate surface area is 78.7 Å². The molecule has 3 nitrogen and oxygen atoms in total. The van der Waals surface area contributed by atoms with E-state index in [1.807, 2.05) is 27.7 Å². The van der Waals surface area contributed by atoms with E-state index in [-0.39, 0.29) is 12.1 Å². The lowest BCUT2D eigenvalue weighted by Gasteiger charge is -2.09. The third-order valence-electron chi connectivity index (χ3n) is 2.11. The quantitative estimate of drug-likeness (QED) is 0.382. The molecule has 2 atom stereocenters. The van der Waals surface area contributed by atoms with E-state index in [0.29, 0.717) is 6.42 Å². The summed E-state index contributed by atoms with van der Waals surface area (Å²) in [5.41, 5.74) is 0.935. The van der Waals surface area contributed by atoms with Gasteiger partial charge in [0.25, 0.3) is 0 Å². The van der Waals surface area contributed by atoms with Crippen molar-refractivity contribution in [3.8, 4) is 0 Å². The molecule has 74 valence electrons. The average Bonchev–Trinajstić information content (AvgIpc) is 2.60. The van der Waals surface area contributed by atoms with Crippen LogP contribution in [0.25, 0.3) is 0 Å². The molecule has 1 aliphatic heterocycles. The zero-order chi connectivity index (χ0) is 10.1. The molecule has 13 heavy (non-hydrogen) atoms. The van der Waals surface area contributed by atoms with Gasteiger partial charge < -0.3 is 9.47 Å². The number of esters is 1. The Balaban J connectivity index is 2.50. The van der Waals surface area contributed by atoms with Gasteiger partial charge in [-0.1, -0.05) is 12.5 Å². The summed E-state index contributed by atoms with van der Waals surface area (Å²) in [5.74, 6) is -0.950. The molecule has 1 fully saturated rings. The van der Waals surface area contributed by atoms with Crippen LogP contribution in [0.15, 0.2) is 11.6 Å². The Morgan fingerprint density at radius 3 is 2.46 bits per heavy atom. The third-order valence-corrected chi connectivity index (χ3v) is 2.11. The molecule has 0 aromatic rings. The Hall–Kier alpha value is -0.830. The maximum absolute atomic E-state index is 11.2. The van der Waals surface area contributed by atoms with Gasteiger partial charge in [-0.25, -0.2) is 4.79 Å². The Bertz CT molecular complexity index is 237. The van der Waals surface area contributed by atoms with Crippen molar-refractivity contribution in [2.24, 2.45) is 0 Å². The second-order valence-corrected chi connectivity index (χ2v) is 3.57. The summed E-state index contributed by atoms with van der Waals surface area (Å²) in [6, 6.07) is 0. The lowest BCUT2D eigenvalue weighted by Crippen LogP contribution is -2.21. The number of hydrogen-bond acceptors (Lipinski definition) is 3. The van der Waals surface area contributed by atoms with Crippen LogP contribution in [-0.2, 0) is 14.3 Å². The highest BCUT2D eigenvalue weighted by molar-refractivity contribution is 5.83. The lowest BCUT2D eigenvalue weighted by atomic mass is 10.2. The number of hydrogen-bond donors (Lipinski definition) is 0. The molecule has 1 rings (SSSR count). The molecule has 2 unspecified atom stereocenters. The zero-order valence-corrected chi connectivity index (χ0v) is 8.59. The number of carbonyl (C=O) groups excluding carboxylic acids is 1. The van der Waals surface area contributed by atoms with E-state index in [4.69, 9.17) is 9.47 Å². The zero-order valence-electron chi connectivity index (χ0n) is 8.59. The fraction of sp³-hybridized carbons (Fsp3) is 0.700. The highest BCUT2D eigenvalue weighted by Gasteiger charge is 2.55. The van der Waals surface area contributed by atoms with Gasteiger partial charge in [0, 0.05) is 12.5 Å². The molecule has 0 bridgehead atoms. The minimum absolute atomic E-state index is 0.0343. The van der Waals surface area contributed by atoms with Crippen LogP contribution >= 0.6 is 0 Å². The minimum Gasteiger partial charge on any atom is -0.427 e. The topological polar surface area (TPSA) is 38.8 Å². The molecular weight excluding hydrogens is 168 g/mol. The normalized spacial score (nSPS) is 30.9. The largest absolute Gasteiger partial charge is 0.427 e. The summed E-state index contributed by atoms with van der Waals surface area (Å²) in [6.07, 6.45) is 2.22. The molecule has 0 amide bonds. The van der Waals surface area contributed by atoms with E-state index in [9.17, 15) is 4.79 Å². The van der Waals surface area contributed by atoms with E-state index in [2.05, 4.69) is 0 Å². The van der Waals surface area contributed by atoms with Crippen molar-refractivity contribution >= 4 is 5.97 Å². The predicted octanol–water partition coefficient (Wildman–Crippen LogP) is 2.02. The van der Waals surface area contributed by atoms with Gasteiger partial charge in [-0.3, -0.25) is 0 Å². The fourth-order valence-electron chi connectivity index (χ4n) is 1.25. The monoisotopic (exact) mass is 184 g/mol. The molecule has 0 radical (unpaired) electrons. The van der Waals surface area contributed by atoms with Gasteiger partial charge in [0.1, 0.15) is 6.10 Å². The number of rotatable bonds is 3. The smallest absolute Gasteiger partial charge is 0.333 e. The van der Waals surface area contributed by atoms with Gasteiger partial charge in [0.2, 0.25) is 5.79 Å². The first-order valence-electron chi connectivity index (χ1n) is 4.56. The molecule has 1 saturated heterocycles.